The Hall–Kier alpha value is -21.2. The van der Waals surface area contributed by atoms with E-state index < -0.39 is 0 Å². The topological polar surface area (TPSA) is 0 Å². The minimum atomic E-state index is 0. The van der Waals surface area contributed by atoms with Crippen LogP contribution in [0.3, 0.4) is 0 Å². The summed E-state index contributed by atoms with van der Waals surface area (Å²) in [5.74, 6) is 0. The van der Waals surface area contributed by atoms with E-state index in [0.717, 1.165) is 0 Å². The van der Waals surface area contributed by atoms with Gasteiger partial charge in [0.1, 0.15) is 0 Å². The number of terminal acetylenes is 5. The molecule has 0 radical (unpaired) electrons. The molecule has 0 aliphatic heterocycles. The fourth-order valence-corrected chi connectivity index (χ4v) is 0. The molecule has 0 saturated heterocycles. The second-order valence-corrected chi connectivity index (χ2v) is 0. The summed E-state index contributed by atoms with van der Waals surface area (Å²) in [6.07, 6.45) is 40.0. The smallest absolute Gasteiger partial charge is 0 e. The molecule has 0 atom stereocenters. The standard InChI is InChI=1S/5C2H2.16CH4.19No/c5*1-2;;;;;;;;;;;;;;;;;;;;;;;;;;;;;;;;;;;/h5*1-2H;16*1H4;;;;;;;;;;;;;;;;;;;. The molecular weight excluding hydrogens is 5230 g/mol. The van der Waals surface area contributed by atoms with Crippen molar-refractivity contribution in [2.45, 2.75) is 119 Å². The van der Waals surface area contributed by atoms with E-state index in [-0.39, 0.29) is 119 Å². The summed E-state index contributed by atoms with van der Waals surface area (Å²) < 4.78 is 0. The summed E-state index contributed by atoms with van der Waals surface area (Å²) in [4.78, 5) is 0. The van der Waals surface area contributed by atoms with Crippen LogP contribution < -0.4 is 0 Å². The van der Waals surface area contributed by atoms with Gasteiger partial charge in [0, 0.05) is 0 Å². The van der Waals surface area contributed by atoms with E-state index in [4.69, 9.17) is 0 Å². The Morgan fingerprint density at radius 2 is 0.0889 bits per heavy atom. The predicted molar refractivity (Wildman–Crippen MR) is 157 cm³/mol. The van der Waals surface area contributed by atoms with Crippen molar-refractivity contribution in [3.63, 3.8) is 0 Å². The van der Waals surface area contributed by atoms with Gasteiger partial charge in [-0.2, -0.15) is 0 Å². The van der Waals surface area contributed by atoms with Gasteiger partial charge < -0.3 is 0 Å². The van der Waals surface area contributed by atoms with E-state index in [1.807, 2.05) is 0 Å². The van der Waals surface area contributed by atoms with Crippen molar-refractivity contribution in [2.75, 3.05) is 0 Å². The van der Waals surface area contributed by atoms with Crippen molar-refractivity contribution in [3.8, 4) is 64.2 Å². The van der Waals surface area contributed by atoms with Crippen LogP contribution >= 0.6 is 0 Å². The second-order valence-electron chi connectivity index (χ2n) is 0. The third-order valence-electron chi connectivity index (χ3n) is 0. The maximum absolute atomic E-state index is 4.00. The first-order valence-corrected chi connectivity index (χ1v) is 1.67. The minimum absolute atomic E-state index is 0. The molecule has 19 heteroatoms. The Labute approximate surface area is 183 Å². The van der Waals surface area contributed by atoms with Crippen molar-refractivity contribution in [2.24, 2.45) is 0 Å². The maximum atomic E-state index is 4.00. The monoisotopic (exact) mass is 5310 g/mol. The van der Waals surface area contributed by atoms with Crippen LogP contribution in [0.25, 0.3) is 0 Å². The molecule has 0 aromatic carbocycles. The normalized spacial score (nSPS) is 0.222. The molecule has 0 unspecified atom stereocenters. The van der Waals surface area contributed by atoms with E-state index in [1.54, 1.807) is 0 Å². The van der Waals surface area contributed by atoms with Gasteiger partial charge in [-0.15, -0.1) is 64.2 Å². The van der Waals surface area contributed by atoms with Crippen molar-refractivity contribution < 1.29 is 0 Å². The average molecular weight is 5310 g/mol. The molecule has 0 heterocycles. The van der Waals surface area contributed by atoms with Gasteiger partial charge in [0.05, 0.1) is 0 Å². The van der Waals surface area contributed by atoms with Crippen LogP contribution in [-0.4, -0.2) is 0 Å². The molecule has 0 rings (SSSR count). The first kappa shape index (κ1) is 47.1. The van der Waals surface area contributed by atoms with E-state index in [9.17, 15) is 0 Å². The van der Waals surface area contributed by atoms with Gasteiger partial charge in [-0.3, -0.25) is 0 Å². The van der Waals surface area contributed by atoms with E-state index >= 15 is 0 Å². The number of rotatable bonds is 0. The summed E-state index contributed by atoms with van der Waals surface area (Å²) >= 11 is 0. The van der Waals surface area contributed by atoms with Crippen LogP contribution in [0.2, 0.25) is 0 Å². The molecule has 0 nitrogen and oxygen atoms in total. The first-order chi connectivity index (χ1) is 5.00. The summed E-state index contributed by atoms with van der Waals surface area (Å²) in [5.41, 5.74) is 0. The molecule has 0 aliphatic rings. The van der Waals surface area contributed by atoms with Gasteiger partial charge in [0.25, 0.3) is 0 Å². The maximum Gasteiger partial charge on any atom is 0 e. The molecule has 0 aromatic heterocycles. The number of hydrogen-bond acceptors (Lipinski definition) is 0. The second kappa shape index (κ2) is 24.1. The third kappa shape index (κ3) is 21.9. The molecule has 0 aromatic rings. The molecule has 0 fully saturated rings. The van der Waals surface area contributed by atoms with Gasteiger partial charge in [0.2, 0.25) is 0 Å². The van der Waals surface area contributed by atoms with Crippen molar-refractivity contribution >= 4 is 0 Å². The summed E-state index contributed by atoms with van der Waals surface area (Å²) in [7, 11) is 0. The minimum Gasteiger partial charge on any atom is -0.124 e. The quantitative estimate of drug-likeness (QED) is 0.212. The zero-order valence-corrected chi connectivity index (χ0v) is 53.1. The largest absolute Gasteiger partial charge is 0.124 e. The van der Waals surface area contributed by atoms with Crippen LogP contribution in [0.5, 0.6) is 0 Å². The van der Waals surface area contributed by atoms with E-state index in [0.29, 0.717) is 0 Å². The van der Waals surface area contributed by atoms with Crippen molar-refractivity contribution in [3.05, 3.63) is 0 Å². The molecule has 45 heavy (non-hydrogen) atoms. The van der Waals surface area contributed by atoms with Gasteiger partial charge in [-0.05, 0) is 0 Å². The Bertz CT molecular complexity index is 103. The Balaban J connectivity index is -0.000000000153. The molecule has 444 valence electrons. The van der Waals surface area contributed by atoms with E-state index in [2.05, 4.69) is 64.2 Å². The van der Waals surface area contributed by atoms with Crippen LogP contribution in [-0.2, 0) is 0 Å². The van der Waals surface area contributed by atoms with Gasteiger partial charge >= 0.3 is 0 Å². The molecule has 0 aliphatic carbocycles. The van der Waals surface area contributed by atoms with Crippen LogP contribution in [0.1, 0.15) is 119 Å². The van der Waals surface area contributed by atoms with Crippen molar-refractivity contribution in [1.29, 1.82) is 0 Å². The summed E-state index contributed by atoms with van der Waals surface area (Å²) in [6.45, 7) is 0. The van der Waals surface area contributed by atoms with Gasteiger partial charge in [-0.1, -0.05) is 119 Å². The van der Waals surface area contributed by atoms with E-state index in [1.165, 1.54) is 0 Å². The third-order valence-corrected chi connectivity index (χ3v) is 0. The zero-order valence-electron chi connectivity index (χ0n) is 10.9. The fourth-order valence-electron chi connectivity index (χ4n) is 0. The van der Waals surface area contributed by atoms with Gasteiger partial charge in [-0.25, -0.2) is 0 Å². The SMILES string of the molecule is C.C.C.C.C.C.C.C.C.C.C.C.C.C.C.C.C#C.C#C.C#C.C#C.C#C.[No].[No].[No].[No].[No].[No].[No].[No].[No].[No].[No].[No].[No].[No].[No].[No].[No].[No].[No]. The molecule has 0 spiro atoms. The molecule has 0 amide bonds. The predicted octanol–water partition coefficient (Wildman–Crippen LogP) is 11.4. The fraction of sp³-hybridized carbons (Fsp3) is 0.615. The summed E-state index contributed by atoms with van der Waals surface area (Å²) in [6, 6.07) is 0. The van der Waals surface area contributed by atoms with Crippen molar-refractivity contribution in [1.82, 2.24) is 0 Å². The van der Waals surface area contributed by atoms with Crippen LogP contribution in [0.4, 0.5) is 0 Å². The van der Waals surface area contributed by atoms with Crippen LogP contribution in [0, 0.1) is 64.2 Å². The number of hydrogen-bond donors (Lipinski definition) is 0. The summed E-state index contributed by atoms with van der Waals surface area (Å²) in [5, 5.41) is 0. The Morgan fingerprint density at radius 3 is 0.0889 bits per heavy atom. The first-order valence-electron chi connectivity index (χ1n) is 1.67. The zero-order chi connectivity index (χ0) is 10.0. The molecule has 0 N–H and O–H groups in total. The average Bonchev–Trinajstić information content (AvgIpc) is 2.20. The Morgan fingerprint density at radius 1 is 0.0889 bits per heavy atom. The molecule has 0 saturated carbocycles. The van der Waals surface area contributed by atoms with Crippen LogP contribution in [0.15, 0.2) is 0 Å². The molecular formula is C26H74No19. The van der Waals surface area contributed by atoms with Gasteiger partial charge in [0.15, 0.2) is 0 Å². The molecule has 0 bridgehead atoms. The Kier molecular flexibility index (Phi) is 25.3.